The van der Waals surface area contributed by atoms with Crippen molar-refractivity contribution >= 4 is 45.0 Å². The molecule has 2 amide bonds. The molecule has 50 heavy (non-hydrogen) atoms. The molecule has 0 saturated carbocycles. The molecule has 0 unspecified atom stereocenters. The summed E-state index contributed by atoms with van der Waals surface area (Å²) in [5, 5.41) is 6.68. The van der Waals surface area contributed by atoms with Crippen LogP contribution in [0.3, 0.4) is 0 Å². The number of unbranched alkanes of at least 4 members (excludes halogenated alkanes) is 2. The number of likely N-dealkylation sites (N-methyl/N-ethyl adjacent to an activating group) is 1. The van der Waals surface area contributed by atoms with Gasteiger partial charge in [0.1, 0.15) is 5.78 Å². The van der Waals surface area contributed by atoms with Crippen LogP contribution in [-0.2, 0) is 40.3 Å². The Bertz CT molecular complexity index is 1450. The van der Waals surface area contributed by atoms with E-state index in [1.165, 1.54) is 0 Å². The van der Waals surface area contributed by atoms with Gasteiger partial charge in [-0.15, -0.1) is 0 Å². The number of urea groups is 1. The third-order valence-electron chi connectivity index (χ3n) is 8.10. The Morgan fingerprint density at radius 3 is 2.32 bits per heavy atom. The Morgan fingerprint density at radius 1 is 0.840 bits per heavy atom. The summed E-state index contributed by atoms with van der Waals surface area (Å²) in [7, 11) is -0.131. The summed E-state index contributed by atoms with van der Waals surface area (Å²) in [5.74, 6) is 0.131. The van der Waals surface area contributed by atoms with Crippen molar-refractivity contribution in [2.75, 3.05) is 86.6 Å². The number of amides is 2. The standard InChI is InChI=1S/C35H52Cl2N4O8S/c1-41-25-32(31-23-28(36)24-34(37)33(31)26-41)27-8-6-11-30(22-27)50(44,45)40-14-17-49-21-20-47-15-7-10-29(42)9-4-3-5-12-38-35(43)39-13-16-48-19-18-46-2/h6,8,11,22-24,32,40H,3-5,7,9-10,12-21,25-26H2,1-2H3,(H2,38,39,43)/t32-/m0/s1. The van der Waals surface area contributed by atoms with Crippen molar-refractivity contribution in [3.63, 3.8) is 0 Å². The zero-order chi connectivity index (χ0) is 36.2. The molecule has 0 radical (unpaired) electrons. The molecule has 0 aliphatic carbocycles. The minimum atomic E-state index is -3.75. The summed E-state index contributed by atoms with van der Waals surface area (Å²) in [6.07, 6.45) is 4.07. The Morgan fingerprint density at radius 2 is 1.54 bits per heavy atom. The van der Waals surface area contributed by atoms with Crippen LogP contribution >= 0.6 is 23.2 Å². The van der Waals surface area contributed by atoms with Crippen molar-refractivity contribution in [2.45, 2.75) is 55.9 Å². The molecule has 1 heterocycles. The van der Waals surface area contributed by atoms with E-state index in [0.717, 1.165) is 36.0 Å². The van der Waals surface area contributed by atoms with Gasteiger partial charge >= 0.3 is 6.03 Å². The molecule has 0 saturated heterocycles. The molecule has 1 aliphatic rings. The molecule has 0 fully saturated rings. The first-order valence-corrected chi connectivity index (χ1v) is 19.4. The molecule has 2 aromatic rings. The number of fused-ring (bicyclic) bond motifs is 1. The highest BCUT2D eigenvalue weighted by Gasteiger charge is 2.28. The monoisotopic (exact) mass is 758 g/mol. The zero-order valence-electron chi connectivity index (χ0n) is 29.1. The molecule has 0 aromatic heterocycles. The molecule has 280 valence electrons. The predicted molar refractivity (Wildman–Crippen MR) is 195 cm³/mol. The van der Waals surface area contributed by atoms with Gasteiger partial charge < -0.3 is 34.5 Å². The Kier molecular flexibility index (Phi) is 19.6. The number of nitrogens with zero attached hydrogens (tertiary/aromatic N) is 1. The van der Waals surface area contributed by atoms with Gasteiger partial charge in [0.25, 0.3) is 0 Å². The van der Waals surface area contributed by atoms with Crippen LogP contribution in [0.1, 0.15) is 61.1 Å². The highest BCUT2D eigenvalue weighted by molar-refractivity contribution is 7.89. The van der Waals surface area contributed by atoms with Crippen LogP contribution in [0.5, 0.6) is 0 Å². The maximum absolute atomic E-state index is 13.1. The average molecular weight is 760 g/mol. The third-order valence-corrected chi connectivity index (χ3v) is 10.1. The average Bonchev–Trinajstić information content (AvgIpc) is 3.08. The van der Waals surface area contributed by atoms with Crippen molar-refractivity contribution in [1.29, 1.82) is 0 Å². The number of nitrogens with one attached hydrogen (secondary N) is 3. The van der Waals surface area contributed by atoms with E-state index >= 15 is 0 Å². The summed E-state index contributed by atoms with van der Waals surface area (Å²) in [5.41, 5.74) is 2.89. The number of sulfonamides is 1. The second kappa shape index (κ2) is 23.3. The number of hydrogen-bond donors (Lipinski definition) is 3. The lowest BCUT2D eigenvalue weighted by Gasteiger charge is -2.33. The van der Waals surface area contributed by atoms with Crippen LogP contribution in [0, 0.1) is 0 Å². The summed E-state index contributed by atoms with van der Waals surface area (Å²) in [6.45, 7) is 5.31. The van der Waals surface area contributed by atoms with Crippen LogP contribution in [0.25, 0.3) is 0 Å². The van der Waals surface area contributed by atoms with E-state index < -0.39 is 10.0 Å². The van der Waals surface area contributed by atoms with Gasteiger partial charge in [0.2, 0.25) is 10.0 Å². The number of Topliss-reactive ketones (excluding diaryl/α,β-unsaturated/α-hetero) is 1. The van der Waals surface area contributed by atoms with Crippen LogP contribution in [0.15, 0.2) is 41.3 Å². The number of benzene rings is 2. The van der Waals surface area contributed by atoms with E-state index in [9.17, 15) is 18.0 Å². The van der Waals surface area contributed by atoms with Crippen molar-refractivity contribution in [3.05, 3.63) is 63.1 Å². The summed E-state index contributed by atoms with van der Waals surface area (Å²) >= 11 is 12.8. The van der Waals surface area contributed by atoms with Gasteiger partial charge in [-0.25, -0.2) is 17.9 Å². The van der Waals surface area contributed by atoms with Crippen LogP contribution in [-0.4, -0.2) is 112 Å². The first kappa shape index (κ1) is 42.1. The smallest absolute Gasteiger partial charge is 0.314 e. The van der Waals surface area contributed by atoms with E-state index in [1.807, 2.05) is 19.2 Å². The van der Waals surface area contributed by atoms with Gasteiger partial charge in [0, 0.05) is 75.2 Å². The van der Waals surface area contributed by atoms with Crippen molar-refractivity contribution in [2.24, 2.45) is 0 Å². The zero-order valence-corrected chi connectivity index (χ0v) is 31.5. The molecule has 15 heteroatoms. The van der Waals surface area contributed by atoms with E-state index in [1.54, 1.807) is 31.4 Å². The number of ketones is 1. The van der Waals surface area contributed by atoms with Gasteiger partial charge in [-0.3, -0.25) is 4.79 Å². The summed E-state index contributed by atoms with van der Waals surface area (Å²) in [6, 6.07) is 10.4. The molecule has 1 aliphatic heterocycles. The quantitative estimate of drug-likeness (QED) is 0.122. The highest BCUT2D eigenvalue weighted by atomic mass is 35.5. The fraction of sp³-hybridized carbons (Fsp3) is 0.600. The maximum Gasteiger partial charge on any atom is 0.314 e. The highest BCUT2D eigenvalue weighted by Crippen LogP contribution is 2.38. The lowest BCUT2D eigenvalue weighted by molar-refractivity contribution is -0.119. The molecular formula is C35H52Cl2N4O8S. The largest absolute Gasteiger partial charge is 0.382 e. The van der Waals surface area contributed by atoms with Crippen LogP contribution in [0.4, 0.5) is 4.79 Å². The van der Waals surface area contributed by atoms with Gasteiger partial charge in [-0.1, -0.05) is 41.8 Å². The SMILES string of the molecule is COCCOCCNC(=O)NCCCCCC(=O)CCCOCCOCCNS(=O)(=O)c1cccc([C@@H]2CN(C)Cc3c(Cl)cc(Cl)cc32)c1. The molecule has 2 aromatic carbocycles. The van der Waals surface area contributed by atoms with E-state index in [4.69, 9.17) is 42.1 Å². The number of carbonyl (C=O) groups excluding carboxylic acids is 2. The topological polar surface area (TPSA) is 145 Å². The van der Waals surface area contributed by atoms with Gasteiger partial charge in [-0.05, 0) is 67.3 Å². The van der Waals surface area contributed by atoms with E-state index in [0.29, 0.717) is 95.1 Å². The summed E-state index contributed by atoms with van der Waals surface area (Å²) in [4.78, 5) is 26.2. The minimum Gasteiger partial charge on any atom is -0.382 e. The predicted octanol–water partition coefficient (Wildman–Crippen LogP) is 4.75. The number of halogens is 2. The van der Waals surface area contributed by atoms with E-state index in [2.05, 4.69) is 20.3 Å². The van der Waals surface area contributed by atoms with Crippen molar-refractivity contribution < 1.29 is 37.0 Å². The van der Waals surface area contributed by atoms with E-state index in [-0.39, 0.29) is 35.8 Å². The molecule has 3 N–H and O–H groups in total. The van der Waals surface area contributed by atoms with Crippen molar-refractivity contribution in [1.82, 2.24) is 20.3 Å². The van der Waals surface area contributed by atoms with Gasteiger partial charge in [0.05, 0.1) is 44.5 Å². The Hall–Kier alpha value is -2.33. The second-order valence-corrected chi connectivity index (χ2v) is 14.8. The maximum atomic E-state index is 13.1. The third kappa shape index (κ3) is 15.5. The number of rotatable bonds is 25. The normalized spacial score (nSPS) is 14.8. The minimum absolute atomic E-state index is 0.0693. The first-order chi connectivity index (χ1) is 24.1. The number of carbonyl (C=O) groups is 2. The van der Waals surface area contributed by atoms with Crippen LogP contribution < -0.4 is 15.4 Å². The fourth-order valence-corrected chi connectivity index (χ4v) is 7.18. The van der Waals surface area contributed by atoms with Crippen molar-refractivity contribution in [3.8, 4) is 0 Å². The van der Waals surface area contributed by atoms with Gasteiger partial charge in [-0.2, -0.15) is 0 Å². The number of methoxy groups -OCH3 is 1. The molecular weight excluding hydrogens is 707 g/mol. The molecule has 0 spiro atoms. The molecule has 12 nitrogen and oxygen atoms in total. The summed E-state index contributed by atoms with van der Waals surface area (Å²) < 4.78 is 50.0. The lowest BCUT2D eigenvalue weighted by atomic mass is 9.85. The second-order valence-electron chi connectivity index (χ2n) is 12.1. The lowest BCUT2D eigenvalue weighted by Crippen LogP contribution is -2.37. The number of hydrogen-bond acceptors (Lipinski definition) is 9. The number of ether oxygens (including phenoxy) is 4. The first-order valence-electron chi connectivity index (χ1n) is 17.1. The van der Waals surface area contributed by atoms with Crippen LogP contribution in [0.2, 0.25) is 10.0 Å². The Balaban J connectivity index is 1.20. The fourth-order valence-electron chi connectivity index (χ4n) is 5.55. The molecule has 1 atom stereocenters. The van der Waals surface area contributed by atoms with Gasteiger partial charge in [0.15, 0.2) is 0 Å². The molecule has 3 rings (SSSR count). The molecule has 0 bridgehead atoms. The Labute approximate surface area is 306 Å².